The van der Waals surface area contributed by atoms with Crippen molar-refractivity contribution in [2.24, 2.45) is 0 Å². The molecule has 0 bridgehead atoms. The van der Waals surface area contributed by atoms with Crippen LogP contribution in [-0.2, 0) is 9.47 Å². The van der Waals surface area contributed by atoms with Gasteiger partial charge in [-0.2, -0.15) is 0 Å². The van der Waals surface area contributed by atoms with Crippen LogP contribution in [0, 0.1) is 0 Å². The van der Waals surface area contributed by atoms with Crippen molar-refractivity contribution < 1.29 is 18.9 Å². The highest BCUT2D eigenvalue weighted by atomic mass is 16.6. The van der Waals surface area contributed by atoms with Crippen molar-refractivity contribution in [1.82, 2.24) is 19.9 Å². The van der Waals surface area contributed by atoms with Crippen molar-refractivity contribution >= 4 is 22.1 Å². The molecule has 2 aliphatic rings. The smallest absolute Gasteiger partial charge is 0.119 e. The maximum atomic E-state index is 5.72. The van der Waals surface area contributed by atoms with Gasteiger partial charge in [0.2, 0.25) is 0 Å². The molecule has 2 saturated heterocycles. The molecule has 0 N–H and O–H groups in total. The van der Waals surface area contributed by atoms with E-state index in [4.69, 9.17) is 28.9 Å². The summed E-state index contributed by atoms with van der Waals surface area (Å²) in [6.07, 6.45) is 4.03. The summed E-state index contributed by atoms with van der Waals surface area (Å²) >= 11 is 0. The summed E-state index contributed by atoms with van der Waals surface area (Å²) in [5.74, 6) is 1.63. The molecular weight excluding hydrogens is 456 g/mol. The fourth-order valence-electron chi connectivity index (χ4n) is 3.95. The third-order valence-corrected chi connectivity index (χ3v) is 6.18. The summed E-state index contributed by atoms with van der Waals surface area (Å²) in [4.78, 5) is 18.9. The molecule has 7 rings (SSSR count). The largest absolute Gasteiger partial charge is 0.491 e. The highest BCUT2D eigenvalue weighted by molar-refractivity contribution is 5.92. The Morgan fingerprint density at radius 2 is 1.03 bits per heavy atom. The van der Waals surface area contributed by atoms with E-state index in [9.17, 15) is 0 Å². The first kappa shape index (κ1) is 21.2. The number of hydrogen-bond donors (Lipinski definition) is 0. The Balaban J connectivity index is 1.12. The van der Waals surface area contributed by atoms with Crippen LogP contribution in [0.1, 0.15) is 0 Å². The zero-order chi connectivity index (χ0) is 23.9. The lowest BCUT2D eigenvalue weighted by Gasteiger charge is -2.08. The van der Waals surface area contributed by atoms with E-state index < -0.39 is 0 Å². The summed E-state index contributed by atoms with van der Waals surface area (Å²) in [6.45, 7) is 2.73. The van der Waals surface area contributed by atoms with E-state index in [1.807, 2.05) is 60.7 Å². The molecule has 0 radical (unpaired) electrons. The van der Waals surface area contributed by atoms with Crippen molar-refractivity contribution in [2.45, 2.75) is 12.2 Å². The predicted octanol–water partition coefficient (Wildman–Crippen LogP) is 4.46. The quantitative estimate of drug-likeness (QED) is 0.238. The number of rotatable bonds is 8. The van der Waals surface area contributed by atoms with Crippen molar-refractivity contribution in [1.29, 1.82) is 0 Å². The highest BCUT2D eigenvalue weighted by Gasteiger charge is 2.23. The van der Waals surface area contributed by atoms with Gasteiger partial charge in [-0.3, -0.25) is 9.97 Å². The average molecular weight is 479 g/mol. The Bertz CT molecular complexity index is 1430. The minimum atomic E-state index is 0.234. The van der Waals surface area contributed by atoms with Crippen LogP contribution in [-0.4, -0.2) is 58.6 Å². The second kappa shape index (κ2) is 8.82. The van der Waals surface area contributed by atoms with Crippen LogP contribution in [0.2, 0.25) is 0 Å². The minimum absolute atomic E-state index is 0.234. The van der Waals surface area contributed by atoms with E-state index >= 15 is 0 Å². The molecular formula is C28H22N4O4. The Hall–Kier alpha value is -4.14. The van der Waals surface area contributed by atoms with Crippen molar-refractivity contribution in [3.63, 3.8) is 0 Å². The summed E-state index contributed by atoms with van der Waals surface area (Å²) in [6, 6.07) is 19.6. The molecule has 8 nitrogen and oxygen atoms in total. The molecule has 4 heterocycles. The van der Waals surface area contributed by atoms with Gasteiger partial charge in [0.05, 0.1) is 59.1 Å². The molecule has 36 heavy (non-hydrogen) atoms. The molecule has 0 spiro atoms. The molecule has 2 fully saturated rings. The lowest BCUT2D eigenvalue weighted by Crippen LogP contribution is -2.03. The number of hydrogen-bond acceptors (Lipinski definition) is 8. The van der Waals surface area contributed by atoms with E-state index in [-0.39, 0.29) is 12.2 Å². The topological polar surface area (TPSA) is 95.1 Å². The first-order chi connectivity index (χ1) is 17.8. The third-order valence-electron chi connectivity index (χ3n) is 6.18. The highest BCUT2D eigenvalue weighted by Crippen LogP contribution is 2.27. The van der Waals surface area contributed by atoms with Crippen LogP contribution in [0.5, 0.6) is 11.5 Å². The number of aromatic nitrogens is 4. The molecule has 0 aliphatic carbocycles. The van der Waals surface area contributed by atoms with E-state index in [2.05, 4.69) is 9.97 Å². The second-order valence-electron chi connectivity index (χ2n) is 8.92. The Kier molecular flexibility index (Phi) is 5.18. The first-order valence-corrected chi connectivity index (χ1v) is 11.9. The van der Waals surface area contributed by atoms with Crippen molar-refractivity contribution in [3.8, 4) is 34.0 Å². The monoisotopic (exact) mass is 478 g/mol. The van der Waals surface area contributed by atoms with Gasteiger partial charge < -0.3 is 18.9 Å². The fourth-order valence-corrected chi connectivity index (χ4v) is 3.95. The fraction of sp³-hybridized carbons (Fsp3) is 0.214. The normalized spacial score (nSPS) is 18.3. The van der Waals surface area contributed by atoms with Gasteiger partial charge in [-0.05, 0) is 60.7 Å². The summed E-state index contributed by atoms with van der Waals surface area (Å²) in [7, 11) is 0. The zero-order valence-corrected chi connectivity index (χ0v) is 19.3. The van der Waals surface area contributed by atoms with Gasteiger partial charge >= 0.3 is 0 Å². The van der Waals surface area contributed by atoms with Gasteiger partial charge in [0.1, 0.15) is 36.9 Å². The summed E-state index contributed by atoms with van der Waals surface area (Å²) in [5, 5.41) is 0. The van der Waals surface area contributed by atoms with Crippen LogP contribution >= 0.6 is 0 Å². The number of benzene rings is 3. The molecule has 8 heteroatoms. The summed E-state index contributed by atoms with van der Waals surface area (Å²) in [5.41, 5.74) is 6.61. The van der Waals surface area contributed by atoms with Crippen LogP contribution < -0.4 is 9.47 Å². The number of fused-ring (bicyclic) bond motifs is 2. The van der Waals surface area contributed by atoms with Crippen molar-refractivity contribution in [2.75, 3.05) is 26.4 Å². The van der Waals surface area contributed by atoms with E-state index in [0.29, 0.717) is 13.2 Å². The Morgan fingerprint density at radius 3 is 1.42 bits per heavy atom. The number of ether oxygens (including phenoxy) is 4. The van der Waals surface area contributed by atoms with E-state index in [0.717, 1.165) is 69.3 Å². The number of nitrogens with zero attached hydrogens (tertiary/aromatic N) is 4. The van der Waals surface area contributed by atoms with Crippen molar-refractivity contribution in [3.05, 3.63) is 73.1 Å². The SMILES string of the molecule is c1cc(-c2cnc3cc4nc(-c5ccc(OCC6CO6)cc5)cnc4cc3n2)ccc1OCC1CO1. The lowest BCUT2D eigenvalue weighted by atomic mass is 10.1. The molecule has 2 unspecified atom stereocenters. The molecule has 3 aromatic carbocycles. The first-order valence-electron chi connectivity index (χ1n) is 11.9. The molecule has 0 amide bonds. The molecule has 2 aromatic heterocycles. The molecule has 2 atom stereocenters. The summed E-state index contributed by atoms with van der Waals surface area (Å²) < 4.78 is 21.8. The third kappa shape index (κ3) is 4.56. The van der Waals surface area contributed by atoms with E-state index in [1.54, 1.807) is 12.4 Å². The molecule has 0 saturated carbocycles. The maximum Gasteiger partial charge on any atom is 0.119 e. The van der Waals surface area contributed by atoms with Gasteiger partial charge in [0.15, 0.2) is 0 Å². The molecule has 2 aliphatic heterocycles. The van der Waals surface area contributed by atoms with Gasteiger partial charge in [-0.25, -0.2) is 9.97 Å². The Morgan fingerprint density at radius 1 is 0.611 bits per heavy atom. The standard InChI is InChI=1S/C28H22N4O4/c1-5-19(33-13-21-15-35-21)6-2-17(1)27-11-29-23-10-26-24(9-25(23)31-27)30-12-28(32-26)18-3-7-20(8-4-18)34-14-22-16-36-22/h1-12,21-22H,13-16H2. The van der Waals surface area contributed by atoms with Gasteiger partial charge in [-0.1, -0.05) is 0 Å². The molecule has 178 valence electrons. The molecule has 5 aromatic rings. The van der Waals surface area contributed by atoms with Gasteiger partial charge in [-0.15, -0.1) is 0 Å². The predicted molar refractivity (Wildman–Crippen MR) is 134 cm³/mol. The number of epoxide rings is 2. The van der Waals surface area contributed by atoms with E-state index in [1.165, 1.54) is 0 Å². The second-order valence-corrected chi connectivity index (χ2v) is 8.92. The maximum absolute atomic E-state index is 5.72. The minimum Gasteiger partial charge on any atom is -0.491 e. The van der Waals surface area contributed by atoms with Gasteiger partial charge in [0.25, 0.3) is 0 Å². The van der Waals surface area contributed by atoms with Crippen LogP contribution in [0.4, 0.5) is 0 Å². The Labute approximate surface area is 206 Å². The van der Waals surface area contributed by atoms with Crippen LogP contribution in [0.25, 0.3) is 44.6 Å². The van der Waals surface area contributed by atoms with Crippen LogP contribution in [0.3, 0.4) is 0 Å². The lowest BCUT2D eigenvalue weighted by molar-refractivity contribution is 0.263. The van der Waals surface area contributed by atoms with Gasteiger partial charge in [0, 0.05) is 11.1 Å². The van der Waals surface area contributed by atoms with Crippen LogP contribution in [0.15, 0.2) is 73.1 Å². The zero-order valence-electron chi connectivity index (χ0n) is 19.3. The average Bonchev–Trinajstić information content (AvgIpc) is 3.85.